The zero-order valence-electron chi connectivity index (χ0n) is 28.5. The predicted molar refractivity (Wildman–Crippen MR) is 225 cm³/mol. The second-order valence-corrected chi connectivity index (χ2v) is 17.4. The van der Waals surface area contributed by atoms with Crippen molar-refractivity contribution in [3.63, 3.8) is 0 Å². The minimum absolute atomic E-state index is 0.104. The molecule has 1 aliphatic carbocycles. The molecule has 0 saturated heterocycles. The summed E-state index contributed by atoms with van der Waals surface area (Å²) in [7, 11) is 0. The van der Waals surface area contributed by atoms with Gasteiger partial charge < -0.3 is 0 Å². The van der Waals surface area contributed by atoms with E-state index in [-0.39, 0.29) is 5.41 Å². The molecule has 5 heteroatoms. The Hall–Kier alpha value is -5.46. The van der Waals surface area contributed by atoms with Crippen LogP contribution in [0.2, 0.25) is 0 Å². The van der Waals surface area contributed by atoms with Gasteiger partial charge in [0.05, 0.1) is 20.4 Å². The van der Waals surface area contributed by atoms with Crippen molar-refractivity contribution >= 4 is 74.6 Å². The molecule has 3 aromatic heterocycles. The van der Waals surface area contributed by atoms with Gasteiger partial charge >= 0.3 is 0 Å². The molecule has 0 amide bonds. The molecule has 0 atom stereocenters. The van der Waals surface area contributed by atoms with Crippen LogP contribution in [-0.4, -0.2) is 9.97 Å². The SMILES string of the molecule is CC1(C)c2cc(-c3cccc(-c4cc(-c5nc6ccccc6s5)cc(-c5nc6ccccc6s5)c4)c3)ccc2-c2cc3sc4ccccc4c3cc21. The van der Waals surface area contributed by atoms with Crippen LogP contribution in [0.25, 0.3) is 95.1 Å². The van der Waals surface area contributed by atoms with Gasteiger partial charge in [0.1, 0.15) is 10.0 Å². The maximum absolute atomic E-state index is 5.06. The topological polar surface area (TPSA) is 25.8 Å². The number of hydrogen-bond acceptors (Lipinski definition) is 5. The molecule has 246 valence electrons. The molecule has 0 radical (unpaired) electrons. The van der Waals surface area contributed by atoms with Crippen LogP contribution in [0.15, 0.2) is 146 Å². The van der Waals surface area contributed by atoms with Crippen molar-refractivity contribution in [2.45, 2.75) is 19.3 Å². The van der Waals surface area contributed by atoms with Gasteiger partial charge in [0.25, 0.3) is 0 Å². The molecule has 2 nitrogen and oxygen atoms in total. The highest BCUT2D eigenvalue weighted by Gasteiger charge is 2.36. The first kappa shape index (κ1) is 30.2. The van der Waals surface area contributed by atoms with Crippen molar-refractivity contribution in [2.24, 2.45) is 0 Å². The molecule has 3 heterocycles. The van der Waals surface area contributed by atoms with E-state index in [0.29, 0.717) is 0 Å². The Morgan fingerprint density at radius 3 is 1.63 bits per heavy atom. The fourth-order valence-corrected chi connectivity index (χ4v) is 11.1. The summed E-state index contributed by atoms with van der Waals surface area (Å²) in [6, 6.07) is 53.4. The number of thiazole rings is 2. The summed E-state index contributed by atoms with van der Waals surface area (Å²) in [6.07, 6.45) is 0. The lowest BCUT2D eigenvalue weighted by molar-refractivity contribution is 0.661. The van der Waals surface area contributed by atoms with E-state index in [1.54, 1.807) is 22.7 Å². The Bertz CT molecular complexity index is 2910. The Labute approximate surface area is 313 Å². The molecule has 7 aromatic carbocycles. The van der Waals surface area contributed by atoms with E-state index < -0.39 is 0 Å². The van der Waals surface area contributed by atoms with Gasteiger partial charge in [0.15, 0.2) is 0 Å². The number of nitrogens with zero attached hydrogens (tertiary/aromatic N) is 2. The summed E-state index contributed by atoms with van der Waals surface area (Å²) < 4.78 is 5.11. The third kappa shape index (κ3) is 4.66. The molecule has 0 fully saturated rings. The first-order valence-electron chi connectivity index (χ1n) is 17.5. The number of para-hydroxylation sites is 2. The highest BCUT2D eigenvalue weighted by Crippen LogP contribution is 2.52. The fourth-order valence-electron chi connectivity index (χ4n) is 8.04. The van der Waals surface area contributed by atoms with Gasteiger partial charge in [-0.15, -0.1) is 34.0 Å². The van der Waals surface area contributed by atoms with Gasteiger partial charge in [-0.2, -0.15) is 0 Å². The van der Waals surface area contributed by atoms with Crippen LogP contribution < -0.4 is 0 Å². The van der Waals surface area contributed by atoms with Gasteiger partial charge in [-0.25, -0.2) is 9.97 Å². The lowest BCUT2D eigenvalue weighted by Crippen LogP contribution is -2.15. The smallest absolute Gasteiger partial charge is 0.124 e. The van der Waals surface area contributed by atoms with Gasteiger partial charge in [0.2, 0.25) is 0 Å². The highest BCUT2D eigenvalue weighted by atomic mass is 32.1. The summed E-state index contributed by atoms with van der Waals surface area (Å²) in [5, 5.41) is 4.77. The average Bonchev–Trinajstić information content (AvgIpc) is 3.95. The van der Waals surface area contributed by atoms with E-state index in [2.05, 4.69) is 159 Å². The largest absolute Gasteiger partial charge is 0.236 e. The molecule has 10 aromatic rings. The Kier molecular flexibility index (Phi) is 6.54. The van der Waals surface area contributed by atoms with Gasteiger partial charge in [-0.05, 0) is 117 Å². The predicted octanol–water partition coefficient (Wildman–Crippen LogP) is 14.2. The van der Waals surface area contributed by atoms with Crippen molar-refractivity contribution in [3.8, 4) is 54.5 Å². The van der Waals surface area contributed by atoms with Crippen LogP contribution in [0, 0.1) is 0 Å². The van der Waals surface area contributed by atoms with Crippen LogP contribution >= 0.6 is 34.0 Å². The quantitative estimate of drug-likeness (QED) is 0.181. The third-order valence-corrected chi connectivity index (χ3v) is 14.0. The molecular weight excluding hydrogens is 689 g/mol. The van der Waals surface area contributed by atoms with Crippen molar-refractivity contribution in [3.05, 3.63) is 157 Å². The molecule has 52 heavy (non-hydrogen) atoms. The van der Waals surface area contributed by atoms with E-state index in [0.717, 1.165) is 37.7 Å². The standard InChI is InChI=1S/C47H30N2S3/c1-47(2)37-24-29(18-19-33(37)35-26-44-36(25-38(35)47)34-12-3-6-15-41(34)50-44)27-10-9-11-28(20-27)30-21-31(45-48-39-13-4-7-16-42(39)51-45)23-32(22-30)46-49-40-14-5-8-17-43(40)52-46/h3-26H,1-2H3. The summed E-state index contributed by atoms with van der Waals surface area (Å²) >= 11 is 5.38. The second kappa shape index (κ2) is 11.3. The van der Waals surface area contributed by atoms with Crippen LogP contribution in [-0.2, 0) is 5.41 Å². The van der Waals surface area contributed by atoms with Crippen molar-refractivity contribution in [1.82, 2.24) is 9.97 Å². The molecule has 11 rings (SSSR count). The van der Waals surface area contributed by atoms with Gasteiger partial charge in [-0.1, -0.05) is 86.6 Å². The van der Waals surface area contributed by atoms with Crippen molar-refractivity contribution in [1.29, 1.82) is 0 Å². The zero-order valence-corrected chi connectivity index (χ0v) is 30.9. The Morgan fingerprint density at radius 2 is 0.942 bits per heavy atom. The number of rotatable bonds is 4. The minimum atomic E-state index is -0.104. The monoisotopic (exact) mass is 718 g/mol. The molecule has 0 bridgehead atoms. The number of thiophene rings is 1. The van der Waals surface area contributed by atoms with E-state index in [4.69, 9.17) is 9.97 Å². The van der Waals surface area contributed by atoms with Crippen LogP contribution in [0.1, 0.15) is 25.0 Å². The van der Waals surface area contributed by atoms with Gasteiger partial charge in [0, 0.05) is 36.7 Å². The average molecular weight is 719 g/mol. The first-order chi connectivity index (χ1) is 25.5. The summed E-state index contributed by atoms with van der Waals surface area (Å²) in [6.45, 7) is 4.77. The van der Waals surface area contributed by atoms with Crippen molar-refractivity contribution < 1.29 is 0 Å². The molecule has 1 aliphatic rings. The molecule has 0 N–H and O–H groups in total. The van der Waals surface area contributed by atoms with Gasteiger partial charge in [-0.3, -0.25) is 0 Å². The Morgan fingerprint density at radius 1 is 0.385 bits per heavy atom. The molecule has 0 aliphatic heterocycles. The molecular formula is C47H30N2S3. The maximum Gasteiger partial charge on any atom is 0.124 e. The minimum Gasteiger partial charge on any atom is -0.236 e. The number of fused-ring (bicyclic) bond motifs is 8. The Balaban J connectivity index is 1.02. The number of benzene rings is 7. The molecule has 0 spiro atoms. The number of aromatic nitrogens is 2. The van der Waals surface area contributed by atoms with E-state index >= 15 is 0 Å². The first-order valence-corrected chi connectivity index (χ1v) is 20.0. The third-order valence-electron chi connectivity index (χ3n) is 10.7. The maximum atomic E-state index is 5.06. The lowest BCUT2D eigenvalue weighted by Gasteiger charge is -2.22. The molecule has 0 unspecified atom stereocenters. The highest BCUT2D eigenvalue weighted by molar-refractivity contribution is 7.26. The summed E-state index contributed by atoms with van der Waals surface area (Å²) in [4.78, 5) is 10.1. The van der Waals surface area contributed by atoms with Crippen molar-refractivity contribution in [2.75, 3.05) is 0 Å². The van der Waals surface area contributed by atoms with Crippen LogP contribution in [0.3, 0.4) is 0 Å². The van der Waals surface area contributed by atoms with E-state index in [9.17, 15) is 0 Å². The molecule has 0 saturated carbocycles. The zero-order chi connectivity index (χ0) is 34.6. The summed E-state index contributed by atoms with van der Waals surface area (Å²) in [5.41, 5.74) is 14.5. The second-order valence-electron chi connectivity index (χ2n) is 14.2. The van der Waals surface area contributed by atoms with E-state index in [1.165, 1.54) is 68.5 Å². The van der Waals surface area contributed by atoms with Crippen LogP contribution in [0.5, 0.6) is 0 Å². The summed E-state index contributed by atoms with van der Waals surface area (Å²) in [5.74, 6) is 0. The van der Waals surface area contributed by atoms with Crippen LogP contribution in [0.4, 0.5) is 0 Å². The fraction of sp³-hybridized carbons (Fsp3) is 0.0638. The van der Waals surface area contributed by atoms with E-state index in [1.807, 2.05) is 11.3 Å². The lowest BCUT2D eigenvalue weighted by atomic mass is 9.81. The number of hydrogen-bond donors (Lipinski definition) is 0. The normalized spacial score (nSPS) is 13.3.